The van der Waals surface area contributed by atoms with Crippen LogP contribution in [0.2, 0.25) is 0 Å². The Bertz CT molecular complexity index is 712. The second-order valence-electron chi connectivity index (χ2n) is 9.99. The summed E-state index contributed by atoms with van der Waals surface area (Å²) < 4.78 is 65.8. The number of alkyl halides is 3. The van der Waals surface area contributed by atoms with Gasteiger partial charge in [0.25, 0.3) is 0 Å². The van der Waals surface area contributed by atoms with Gasteiger partial charge < -0.3 is 0 Å². The molecule has 1 aromatic rings. The van der Waals surface area contributed by atoms with Crippen LogP contribution in [0.3, 0.4) is 0 Å². The molecule has 32 heavy (non-hydrogen) atoms. The van der Waals surface area contributed by atoms with Crippen molar-refractivity contribution < 1.29 is 22.0 Å². The van der Waals surface area contributed by atoms with E-state index >= 15 is 0 Å². The third-order valence-electron chi connectivity index (χ3n) is 7.82. The smallest absolute Gasteiger partial charge is 0.206 e. The molecular formula is C27H37F5. The fourth-order valence-electron chi connectivity index (χ4n) is 5.92. The molecule has 0 aliphatic heterocycles. The molecule has 0 unspecified atom stereocenters. The molecule has 1 aromatic carbocycles. The summed E-state index contributed by atoms with van der Waals surface area (Å²) in [6.07, 6.45) is 14.5. The van der Waals surface area contributed by atoms with Gasteiger partial charge in [-0.2, -0.15) is 13.2 Å². The van der Waals surface area contributed by atoms with E-state index in [1.54, 1.807) is 0 Å². The Labute approximate surface area is 189 Å². The Hall–Kier alpha value is -1.39. The first-order valence-electron chi connectivity index (χ1n) is 12.5. The molecule has 0 spiro atoms. The molecule has 0 atom stereocenters. The summed E-state index contributed by atoms with van der Waals surface area (Å²) in [4.78, 5) is 0. The molecule has 2 aliphatic rings. The average Bonchev–Trinajstić information content (AvgIpc) is 2.75. The van der Waals surface area contributed by atoms with Crippen LogP contribution in [-0.2, 0) is 12.6 Å². The lowest BCUT2D eigenvalue weighted by Gasteiger charge is -2.38. The second kappa shape index (κ2) is 11.7. The van der Waals surface area contributed by atoms with Gasteiger partial charge in [-0.15, -0.1) is 0 Å². The predicted molar refractivity (Wildman–Crippen MR) is 119 cm³/mol. The van der Waals surface area contributed by atoms with E-state index < -0.39 is 23.4 Å². The number of halogens is 5. The monoisotopic (exact) mass is 456 g/mol. The Balaban J connectivity index is 1.39. The molecule has 2 saturated carbocycles. The maximum absolute atomic E-state index is 13.8. The van der Waals surface area contributed by atoms with Gasteiger partial charge >= 0.3 is 6.18 Å². The Kier molecular flexibility index (Phi) is 9.19. The topological polar surface area (TPSA) is 0 Å². The van der Waals surface area contributed by atoms with E-state index in [0.29, 0.717) is 17.9 Å². The van der Waals surface area contributed by atoms with Gasteiger partial charge in [-0.3, -0.25) is 0 Å². The van der Waals surface area contributed by atoms with E-state index in [1.165, 1.54) is 51.4 Å². The Morgan fingerprint density at radius 2 is 1.28 bits per heavy atom. The van der Waals surface area contributed by atoms with Crippen molar-refractivity contribution in [1.29, 1.82) is 0 Å². The minimum atomic E-state index is -5.00. The minimum Gasteiger partial charge on any atom is -0.206 e. The van der Waals surface area contributed by atoms with Gasteiger partial charge in [0.05, 0.1) is 0 Å². The lowest BCUT2D eigenvalue weighted by molar-refractivity contribution is -0.142. The Morgan fingerprint density at radius 3 is 1.75 bits per heavy atom. The highest BCUT2D eigenvalue weighted by Crippen LogP contribution is 2.43. The van der Waals surface area contributed by atoms with E-state index in [-0.39, 0.29) is 0 Å². The molecule has 0 nitrogen and oxygen atoms in total. The van der Waals surface area contributed by atoms with Crippen LogP contribution in [-0.4, -0.2) is 0 Å². The first kappa shape index (κ1) is 25.2. The minimum absolute atomic E-state index is 0.322. The molecule has 2 fully saturated rings. The Morgan fingerprint density at radius 1 is 0.781 bits per heavy atom. The summed E-state index contributed by atoms with van der Waals surface area (Å²) in [5.74, 6) is 0.0148. The van der Waals surface area contributed by atoms with Crippen LogP contribution < -0.4 is 0 Å². The van der Waals surface area contributed by atoms with Crippen molar-refractivity contribution in [3.05, 3.63) is 47.0 Å². The lowest BCUT2D eigenvalue weighted by atomic mass is 9.68. The van der Waals surface area contributed by atoms with E-state index in [0.717, 1.165) is 55.6 Å². The largest absolute Gasteiger partial charge is 0.422 e. The zero-order chi connectivity index (χ0) is 23.1. The first-order chi connectivity index (χ1) is 15.3. The maximum atomic E-state index is 13.8. The molecule has 0 amide bonds. The van der Waals surface area contributed by atoms with E-state index in [2.05, 4.69) is 19.1 Å². The molecule has 5 heteroatoms. The number of allylic oxidation sites excluding steroid dienone is 2. The van der Waals surface area contributed by atoms with Gasteiger partial charge in [0.15, 0.2) is 0 Å². The molecular weight excluding hydrogens is 419 g/mol. The van der Waals surface area contributed by atoms with Crippen molar-refractivity contribution in [2.45, 2.75) is 96.6 Å². The molecule has 0 radical (unpaired) electrons. The summed E-state index contributed by atoms with van der Waals surface area (Å²) >= 11 is 0. The number of hydrogen-bond acceptors (Lipinski definition) is 0. The van der Waals surface area contributed by atoms with Crippen molar-refractivity contribution in [1.82, 2.24) is 0 Å². The van der Waals surface area contributed by atoms with Crippen LogP contribution in [0.25, 0.3) is 0 Å². The van der Waals surface area contributed by atoms with Crippen molar-refractivity contribution in [2.75, 3.05) is 0 Å². The number of hydrogen-bond donors (Lipinski definition) is 0. The summed E-state index contributed by atoms with van der Waals surface area (Å²) in [5.41, 5.74) is -1.46. The van der Waals surface area contributed by atoms with E-state index in [1.807, 2.05) is 0 Å². The van der Waals surface area contributed by atoms with E-state index in [4.69, 9.17) is 0 Å². The predicted octanol–water partition coefficient (Wildman–Crippen LogP) is 9.28. The highest BCUT2D eigenvalue weighted by Gasteiger charge is 2.38. The molecule has 0 bridgehead atoms. The first-order valence-corrected chi connectivity index (χ1v) is 12.5. The zero-order valence-electron chi connectivity index (χ0n) is 19.2. The van der Waals surface area contributed by atoms with Gasteiger partial charge in [0, 0.05) is 0 Å². The van der Waals surface area contributed by atoms with Crippen molar-refractivity contribution >= 4 is 0 Å². The van der Waals surface area contributed by atoms with Crippen molar-refractivity contribution in [2.24, 2.45) is 23.7 Å². The van der Waals surface area contributed by atoms with Crippen LogP contribution >= 0.6 is 0 Å². The standard InChI is InChI=1S/C27H37F5/c1-2-3-4-5-6-19-9-13-22(14-10-19)23-15-11-20(12-16-23)7-8-21-17-24(28)26(25(29)18-21)27(30,31)32/h3-4,17-20,22-23H,2,5-16H2,1H3/b4-3+/t19-,20-,22-,23-. The molecule has 0 saturated heterocycles. The van der Waals surface area contributed by atoms with Crippen LogP contribution in [0.15, 0.2) is 24.3 Å². The summed E-state index contributed by atoms with van der Waals surface area (Å²) in [6.45, 7) is 2.17. The highest BCUT2D eigenvalue weighted by atomic mass is 19.4. The SMILES string of the molecule is CC/C=C/CC[C@H]1CC[C@H]([C@H]2CC[C@H](CCc3cc(F)c(C(F)(F)F)c(F)c3)CC2)CC1. The fraction of sp³-hybridized carbons (Fsp3) is 0.704. The van der Waals surface area contributed by atoms with Crippen LogP contribution in [0.5, 0.6) is 0 Å². The number of rotatable bonds is 8. The van der Waals surface area contributed by atoms with Crippen LogP contribution in [0, 0.1) is 35.3 Å². The number of aryl methyl sites for hydroxylation is 1. The highest BCUT2D eigenvalue weighted by molar-refractivity contribution is 5.28. The molecule has 3 rings (SSSR count). The van der Waals surface area contributed by atoms with Gasteiger partial charge in [0.1, 0.15) is 17.2 Å². The van der Waals surface area contributed by atoms with Gasteiger partial charge in [-0.25, -0.2) is 8.78 Å². The average molecular weight is 457 g/mol. The van der Waals surface area contributed by atoms with Gasteiger partial charge in [-0.05, 0) is 99.2 Å². The molecule has 0 aromatic heterocycles. The molecule has 2 aliphatic carbocycles. The number of benzene rings is 1. The summed E-state index contributed by atoms with van der Waals surface area (Å²) in [5, 5.41) is 0. The third-order valence-corrected chi connectivity index (χ3v) is 7.82. The van der Waals surface area contributed by atoms with Crippen molar-refractivity contribution in [3.8, 4) is 0 Å². The third kappa shape index (κ3) is 7.05. The normalized spacial score (nSPS) is 27.2. The van der Waals surface area contributed by atoms with Gasteiger partial charge in [0.2, 0.25) is 0 Å². The molecule has 180 valence electrons. The molecule has 0 N–H and O–H groups in total. The quantitative estimate of drug-likeness (QED) is 0.270. The second-order valence-corrected chi connectivity index (χ2v) is 9.99. The maximum Gasteiger partial charge on any atom is 0.422 e. The van der Waals surface area contributed by atoms with E-state index in [9.17, 15) is 22.0 Å². The summed E-state index contributed by atoms with van der Waals surface area (Å²) in [6, 6.07) is 1.71. The van der Waals surface area contributed by atoms with Crippen molar-refractivity contribution in [3.63, 3.8) is 0 Å². The fourth-order valence-corrected chi connectivity index (χ4v) is 5.92. The molecule has 0 heterocycles. The lowest BCUT2D eigenvalue weighted by Crippen LogP contribution is -2.26. The van der Waals surface area contributed by atoms with Crippen LogP contribution in [0.4, 0.5) is 22.0 Å². The van der Waals surface area contributed by atoms with Gasteiger partial charge in [-0.1, -0.05) is 44.8 Å². The zero-order valence-corrected chi connectivity index (χ0v) is 19.2. The summed E-state index contributed by atoms with van der Waals surface area (Å²) in [7, 11) is 0. The van der Waals surface area contributed by atoms with Crippen LogP contribution in [0.1, 0.15) is 95.1 Å².